The van der Waals surface area contributed by atoms with Crippen molar-refractivity contribution in [3.8, 4) is 5.75 Å². The summed E-state index contributed by atoms with van der Waals surface area (Å²) in [6.45, 7) is 2.26. The maximum atomic E-state index is 11.7. The zero-order valence-electron chi connectivity index (χ0n) is 12.2. The molecule has 0 unspecified atom stereocenters. The van der Waals surface area contributed by atoms with Gasteiger partial charge in [0.2, 0.25) is 0 Å². The molecule has 0 aliphatic rings. The van der Waals surface area contributed by atoms with Gasteiger partial charge >= 0.3 is 0 Å². The lowest BCUT2D eigenvalue weighted by atomic mass is 10.2. The van der Waals surface area contributed by atoms with Gasteiger partial charge in [-0.1, -0.05) is 25.1 Å². The number of rotatable bonds is 6. The molecule has 0 atom stereocenters. The molecule has 0 amide bonds. The first-order valence-electron chi connectivity index (χ1n) is 6.75. The summed E-state index contributed by atoms with van der Waals surface area (Å²) in [5.74, 6) is 0.941. The molecule has 0 heterocycles. The van der Waals surface area contributed by atoms with Crippen molar-refractivity contribution in [3.63, 3.8) is 0 Å². The van der Waals surface area contributed by atoms with Crippen molar-refractivity contribution in [2.75, 3.05) is 18.2 Å². The van der Waals surface area contributed by atoms with Crippen LogP contribution in [0.25, 0.3) is 0 Å². The molecular formula is C16H19NO3S. The van der Waals surface area contributed by atoms with E-state index in [4.69, 9.17) is 4.74 Å². The molecule has 0 saturated carbocycles. The molecule has 0 aliphatic carbocycles. The predicted molar refractivity (Wildman–Crippen MR) is 84.5 cm³/mol. The summed E-state index contributed by atoms with van der Waals surface area (Å²) in [4.78, 5) is 0.354. The molecular weight excluding hydrogens is 286 g/mol. The van der Waals surface area contributed by atoms with Gasteiger partial charge in [0.05, 0.1) is 17.8 Å². The molecule has 2 aromatic carbocycles. The number of ether oxygens (including phenoxy) is 1. The second kappa shape index (κ2) is 6.63. The lowest BCUT2D eigenvalue weighted by Crippen LogP contribution is -2.04. The summed E-state index contributed by atoms with van der Waals surface area (Å²) < 4.78 is 28.8. The fourth-order valence-corrected chi connectivity index (χ4v) is 2.88. The molecule has 112 valence electrons. The maximum Gasteiger partial charge on any atom is 0.178 e. The Balaban J connectivity index is 2.08. The van der Waals surface area contributed by atoms with Crippen LogP contribution < -0.4 is 10.1 Å². The lowest BCUT2D eigenvalue weighted by molar-refractivity contribution is 0.410. The van der Waals surface area contributed by atoms with E-state index in [9.17, 15) is 8.42 Å². The highest BCUT2D eigenvalue weighted by molar-refractivity contribution is 7.91. The van der Waals surface area contributed by atoms with Crippen molar-refractivity contribution in [1.82, 2.24) is 0 Å². The second-order valence-corrected chi connectivity index (χ2v) is 6.87. The Labute approximate surface area is 125 Å². The zero-order valence-corrected chi connectivity index (χ0v) is 13.0. The predicted octanol–water partition coefficient (Wildman–Crippen LogP) is 3.10. The first-order valence-corrected chi connectivity index (χ1v) is 8.40. The minimum Gasteiger partial charge on any atom is -0.496 e. The Hall–Kier alpha value is -2.01. The quantitative estimate of drug-likeness (QED) is 0.891. The number of para-hydroxylation sites is 1. The normalized spacial score (nSPS) is 11.1. The third-order valence-electron chi connectivity index (χ3n) is 3.27. The first kappa shape index (κ1) is 15.4. The number of nitrogens with one attached hydrogen (secondary N) is 1. The van der Waals surface area contributed by atoms with Crippen LogP contribution in [0.15, 0.2) is 53.4 Å². The molecule has 2 rings (SSSR count). The minimum absolute atomic E-state index is 0.112. The molecule has 0 aliphatic heterocycles. The average molecular weight is 305 g/mol. The summed E-state index contributed by atoms with van der Waals surface area (Å²) >= 11 is 0. The SMILES string of the molecule is CCS(=O)(=O)c1ccc(NCc2ccccc2OC)cc1. The molecule has 21 heavy (non-hydrogen) atoms. The summed E-state index contributed by atoms with van der Waals surface area (Å²) in [6.07, 6.45) is 0. The van der Waals surface area contributed by atoms with Gasteiger partial charge in [-0.05, 0) is 30.3 Å². The van der Waals surface area contributed by atoms with Crippen LogP contribution in [0.3, 0.4) is 0 Å². The van der Waals surface area contributed by atoms with Gasteiger partial charge in [0.25, 0.3) is 0 Å². The van der Waals surface area contributed by atoms with Crippen LogP contribution in [-0.4, -0.2) is 21.3 Å². The Kier molecular flexibility index (Phi) is 4.85. The molecule has 2 aromatic rings. The van der Waals surface area contributed by atoms with E-state index in [1.165, 1.54) is 0 Å². The number of methoxy groups -OCH3 is 1. The Morgan fingerprint density at radius 2 is 1.71 bits per heavy atom. The van der Waals surface area contributed by atoms with Crippen molar-refractivity contribution < 1.29 is 13.2 Å². The van der Waals surface area contributed by atoms with Crippen LogP contribution in [0, 0.1) is 0 Å². The van der Waals surface area contributed by atoms with Gasteiger partial charge in [0.15, 0.2) is 9.84 Å². The largest absolute Gasteiger partial charge is 0.496 e. The topological polar surface area (TPSA) is 55.4 Å². The number of anilines is 1. The van der Waals surface area contributed by atoms with E-state index >= 15 is 0 Å². The van der Waals surface area contributed by atoms with Crippen molar-refractivity contribution in [2.45, 2.75) is 18.4 Å². The number of sulfone groups is 1. The third-order valence-corrected chi connectivity index (χ3v) is 5.02. The van der Waals surface area contributed by atoms with E-state index in [2.05, 4.69) is 5.32 Å². The van der Waals surface area contributed by atoms with Gasteiger partial charge < -0.3 is 10.1 Å². The van der Waals surface area contributed by atoms with E-state index in [-0.39, 0.29) is 5.75 Å². The highest BCUT2D eigenvalue weighted by Crippen LogP contribution is 2.20. The summed E-state index contributed by atoms with van der Waals surface area (Å²) in [7, 11) is -1.50. The van der Waals surface area contributed by atoms with E-state index in [0.717, 1.165) is 17.0 Å². The van der Waals surface area contributed by atoms with Crippen LogP contribution in [0.2, 0.25) is 0 Å². The molecule has 0 saturated heterocycles. The van der Waals surface area contributed by atoms with Crippen LogP contribution >= 0.6 is 0 Å². The highest BCUT2D eigenvalue weighted by Gasteiger charge is 2.10. The van der Waals surface area contributed by atoms with Crippen molar-refractivity contribution in [1.29, 1.82) is 0 Å². The molecule has 0 fully saturated rings. The number of hydrogen-bond donors (Lipinski definition) is 1. The molecule has 0 radical (unpaired) electrons. The first-order chi connectivity index (χ1) is 10.1. The summed E-state index contributed by atoms with van der Waals surface area (Å²) in [6, 6.07) is 14.6. The van der Waals surface area contributed by atoms with Gasteiger partial charge in [-0.3, -0.25) is 0 Å². The van der Waals surface area contributed by atoms with Gasteiger partial charge in [0.1, 0.15) is 5.75 Å². The molecule has 0 aromatic heterocycles. The van der Waals surface area contributed by atoms with Gasteiger partial charge in [-0.25, -0.2) is 8.42 Å². The minimum atomic E-state index is -3.14. The van der Waals surface area contributed by atoms with E-state index in [0.29, 0.717) is 11.4 Å². The second-order valence-electron chi connectivity index (χ2n) is 4.59. The van der Waals surface area contributed by atoms with Gasteiger partial charge in [-0.2, -0.15) is 0 Å². The van der Waals surface area contributed by atoms with Crippen LogP contribution in [0.5, 0.6) is 5.75 Å². The molecule has 4 nitrogen and oxygen atoms in total. The van der Waals surface area contributed by atoms with E-state index < -0.39 is 9.84 Å². The van der Waals surface area contributed by atoms with Crippen molar-refractivity contribution in [3.05, 3.63) is 54.1 Å². The van der Waals surface area contributed by atoms with Crippen LogP contribution in [-0.2, 0) is 16.4 Å². The summed E-state index contributed by atoms with van der Waals surface area (Å²) in [5, 5.41) is 3.26. The fraction of sp³-hybridized carbons (Fsp3) is 0.250. The number of hydrogen-bond acceptors (Lipinski definition) is 4. The molecule has 0 bridgehead atoms. The van der Waals surface area contributed by atoms with Gasteiger partial charge in [-0.15, -0.1) is 0 Å². The fourth-order valence-electron chi connectivity index (χ4n) is 1.99. The number of benzene rings is 2. The maximum absolute atomic E-state index is 11.7. The smallest absolute Gasteiger partial charge is 0.178 e. The Morgan fingerprint density at radius 1 is 1.05 bits per heavy atom. The molecule has 0 spiro atoms. The third kappa shape index (κ3) is 3.76. The zero-order chi connectivity index (χ0) is 15.3. The standard InChI is InChI=1S/C16H19NO3S/c1-3-21(18,19)15-10-8-14(9-11-15)17-12-13-6-4-5-7-16(13)20-2/h4-11,17H,3,12H2,1-2H3. The van der Waals surface area contributed by atoms with Crippen molar-refractivity contribution in [2.24, 2.45) is 0 Å². The van der Waals surface area contributed by atoms with Crippen molar-refractivity contribution >= 4 is 15.5 Å². The van der Waals surface area contributed by atoms with Crippen LogP contribution in [0.4, 0.5) is 5.69 Å². The Bertz CT molecular complexity index is 694. The lowest BCUT2D eigenvalue weighted by Gasteiger charge is -2.11. The monoisotopic (exact) mass is 305 g/mol. The van der Waals surface area contributed by atoms with Crippen LogP contribution in [0.1, 0.15) is 12.5 Å². The highest BCUT2D eigenvalue weighted by atomic mass is 32.2. The molecule has 5 heteroatoms. The Morgan fingerprint density at radius 3 is 2.33 bits per heavy atom. The summed E-state index contributed by atoms with van der Waals surface area (Å²) in [5.41, 5.74) is 1.92. The van der Waals surface area contributed by atoms with E-state index in [1.54, 1.807) is 38.3 Å². The van der Waals surface area contributed by atoms with Gasteiger partial charge in [0, 0.05) is 17.8 Å². The van der Waals surface area contributed by atoms with E-state index in [1.807, 2.05) is 24.3 Å². The average Bonchev–Trinajstić information content (AvgIpc) is 2.53. The molecule has 1 N–H and O–H groups in total.